The topological polar surface area (TPSA) is 25.2 Å². The van der Waals surface area contributed by atoms with Crippen molar-refractivity contribution in [2.45, 2.75) is 18.8 Å². The molecule has 0 spiro atoms. The molecule has 0 atom stereocenters. The molecule has 1 aliphatic rings. The van der Waals surface area contributed by atoms with Gasteiger partial charge in [-0.25, -0.2) is 0 Å². The Morgan fingerprint density at radius 1 is 0.958 bits per heavy atom. The summed E-state index contributed by atoms with van der Waals surface area (Å²) >= 11 is 0. The summed E-state index contributed by atoms with van der Waals surface area (Å²) in [4.78, 5) is 14.6. The van der Waals surface area contributed by atoms with Crippen molar-refractivity contribution < 1.29 is 4.79 Å². The minimum Gasteiger partial charge on any atom is -0.350 e. The average molecular weight is 318 g/mol. The van der Waals surface area contributed by atoms with E-state index in [0.29, 0.717) is 5.92 Å². The maximum absolute atomic E-state index is 12.6. The molecule has 3 nitrogen and oxygen atoms in total. The van der Waals surface area contributed by atoms with Crippen LogP contribution in [0.5, 0.6) is 0 Å². The fraction of sp³-hybridized carbons (Fsp3) is 0.286. The molecule has 2 aromatic carbocycles. The summed E-state index contributed by atoms with van der Waals surface area (Å²) < 4.78 is 2.21. The monoisotopic (exact) mass is 318 g/mol. The third-order valence-corrected chi connectivity index (χ3v) is 5.17. The molecule has 3 aromatic rings. The molecular formula is C21H22N2O. The zero-order valence-electron chi connectivity index (χ0n) is 14.0. The first kappa shape index (κ1) is 15.0. The van der Waals surface area contributed by atoms with E-state index < -0.39 is 0 Å². The molecule has 122 valence electrons. The highest BCUT2D eigenvalue weighted by Gasteiger charge is 2.26. The fourth-order valence-corrected chi connectivity index (χ4v) is 3.86. The van der Waals surface area contributed by atoms with Crippen LogP contribution in [-0.4, -0.2) is 28.5 Å². The van der Waals surface area contributed by atoms with Crippen molar-refractivity contribution in [3.05, 3.63) is 71.9 Å². The van der Waals surface area contributed by atoms with Gasteiger partial charge in [-0.2, -0.15) is 0 Å². The highest BCUT2D eigenvalue weighted by Crippen LogP contribution is 2.34. The molecule has 1 saturated heterocycles. The van der Waals surface area contributed by atoms with E-state index in [1.54, 1.807) is 0 Å². The third-order valence-electron chi connectivity index (χ3n) is 5.17. The lowest BCUT2D eigenvalue weighted by molar-refractivity contribution is 0.0713. The van der Waals surface area contributed by atoms with Crippen molar-refractivity contribution in [3.63, 3.8) is 0 Å². The number of nitrogens with zero attached hydrogens (tertiary/aromatic N) is 2. The van der Waals surface area contributed by atoms with Crippen molar-refractivity contribution in [3.8, 4) is 0 Å². The Kier molecular flexibility index (Phi) is 3.85. The number of benzene rings is 2. The molecule has 0 radical (unpaired) electrons. The number of hydrogen-bond acceptors (Lipinski definition) is 1. The number of aryl methyl sites for hydroxylation is 1. The first-order valence-electron chi connectivity index (χ1n) is 8.62. The lowest BCUT2D eigenvalue weighted by atomic mass is 9.89. The van der Waals surface area contributed by atoms with Gasteiger partial charge in [-0.3, -0.25) is 4.79 Å². The van der Waals surface area contributed by atoms with Crippen LogP contribution < -0.4 is 0 Å². The first-order valence-corrected chi connectivity index (χ1v) is 8.62. The maximum atomic E-state index is 12.6. The minimum absolute atomic E-state index is 0.159. The van der Waals surface area contributed by atoms with E-state index in [-0.39, 0.29) is 5.91 Å². The molecule has 0 aliphatic carbocycles. The van der Waals surface area contributed by atoms with Crippen LogP contribution in [0.25, 0.3) is 10.9 Å². The SMILES string of the molecule is Cn1cc(C2CCN(C(=O)c3ccccc3)CC2)c2ccccc21. The van der Waals surface area contributed by atoms with Crippen molar-refractivity contribution in [1.29, 1.82) is 0 Å². The molecule has 1 fully saturated rings. The van der Waals surface area contributed by atoms with E-state index in [0.717, 1.165) is 31.5 Å². The second-order valence-corrected chi connectivity index (χ2v) is 6.64. The molecule has 0 unspecified atom stereocenters. The second-order valence-electron chi connectivity index (χ2n) is 6.64. The van der Waals surface area contributed by atoms with E-state index in [2.05, 4.69) is 42.1 Å². The molecule has 0 saturated carbocycles. The first-order chi connectivity index (χ1) is 11.7. The number of hydrogen-bond donors (Lipinski definition) is 0. The number of carbonyl (C=O) groups is 1. The Hall–Kier alpha value is -2.55. The number of likely N-dealkylation sites (tertiary alicyclic amines) is 1. The highest BCUT2D eigenvalue weighted by molar-refractivity contribution is 5.94. The van der Waals surface area contributed by atoms with Crippen LogP contribution in [0.3, 0.4) is 0 Å². The number of amides is 1. The number of rotatable bonds is 2. The quantitative estimate of drug-likeness (QED) is 0.695. The van der Waals surface area contributed by atoms with Gasteiger partial charge in [0.2, 0.25) is 0 Å². The number of para-hydroxylation sites is 1. The standard InChI is InChI=1S/C21H22N2O/c1-22-15-19(18-9-5-6-10-20(18)22)16-11-13-23(14-12-16)21(24)17-7-3-2-4-8-17/h2-10,15-16H,11-14H2,1H3. The molecular weight excluding hydrogens is 296 g/mol. The fourth-order valence-electron chi connectivity index (χ4n) is 3.86. The molecule has 4 rings (SSSR count). The average Bonchev–Trinajstić information content (AvgIpc) is 2.99. The Bertz CT molecular complexity index is 858. The van der Waals surface area contributed by atoms with Gasteiger partial charge in [-0.1, -0.05) is 36.4 Å². The van der Waals surface area contributed by atoms with Crippen molar-refractivity contribution in [2.75, 3.05) is 13.1 Å². The number of fused-ring (bicyclic) bond motifs is 1. The Balaban J connectivity index is 1.51. The summed E-state index contributed by atoms with van der Waals surface area (Å²) in [7, 11) is 2.11. The number of piperidine rings is 1. The molecule has 0 N–H and O–H groups in total. The van der Waals surface area contributed by atoms with Crippen LogP contribution >= 0.6 is 0 Å². The minimum atomic E-state index is 0.159. The predicted octanol–water partition coefficient (Wildman–Crippen LogP) is 4.20. The zero-order chi connectivity index (χ0) is 16.5. The smallest absolute Gasteiger partial charge is 0.253 e. The Morgan fingerprint density at radius 2 is 1.62 bits per heavy atom. The Labute approximate surface area is 142 Å². The van der Waals surface area contributed by atoms with E-state index in [9.17, 15) is 4.79 Å². The summed E-state index contributed by atoms with van der Waals surface area (Å²) in [6, 6.07) is 18.2. The second kappa shape index (κ2) is 6.16. The maximum Gasteiger partial charge on any atom is 0.253 e. The summed E-state index contributed by atoms with van der Waals surface area (Å²) in [5.74, 6) is 0.697. The largest absolute Gasteiger partial charge is 0.350 e. The normalized spacial score (nSPS) is 15.8. The summed E-state index contributed by atoms with van der Waals surface area (Å²) in [6.07, 6.45) is 4.34. The molecule has 0 bridgehead atoms. The molecule has 2 heterocycles. The van der Waals surface area contributed by atoms with Gasteiger partial charge in [-0.15, -0.1) is 0 Å². The molecule has 1 aromatic heterocycles. The lowest BCUT2D eigenvalue weighted by Gasteiger charge is -2.32. The van der Waals surface area contributed by atoms with E-state index in [1.807, 2.05) is 35.2 Å². The third kappa shape index (κ3) is 2.60. The van der Waals surface area contributed by atoms with Crippen molar-refractivity contribution >= 4 is 16.8 Å². The van der Waals surface area contributed by atoms with E-state index in [4.69, 9.17) is 0 Å². The van der Waals surface area contributed by atoms with Gasteiger partial charge >= 0.3 is 0 Å². The van der Waals surface area contributed by atoms with Crippen molar-refractivity contribution in [2.24, 2.45) is 7.05 Å². The lowest BCUT2D eigenvalue weighted by Crippen LogP contribution is -2.37. The molecule has 3 heteroatoms. The van der Waals surface area contributed by atoms with Crippen LogP contribution in [0.15, 0.2) is 60.8 Å². The van der Waals surface area contributed by atoms with Gasteiger partial charge in [0, 0.05) is 42.8 Å². The molecule has 1 aliphatic heterocycles. The van der Waals surface area contributed by atoms with Crippen LogP contribution in [0.2, 0.25) is 0 Å². The van der Waals surface area contributed by atoms with Crippen LogP contribution in [0, 0.1) is 0 Å². The van der Waals surface area contributed by atoms with Gasteiger partial charge in [0.05, 0.1) is 0 Å². The van der Waals surface area contributed by atoms with Gasteiger partial charge < -0.3 is 9.47 Å². The van der Waals surface area contributed by atoms with E-state index in [1.165, 1.54) is 16.5 Å². The summed E-state index contributed by atoms with van der Waals surface area (Å²) in [5, 5.41) is 1.35. The van der Waals surface area contributed by atoms with Crippen LogP contribution in [0.1, 0.15) is 34.7 Å². The van der Waals surface area contributed by atoms with E-state index >= 15 is 0 Å². The summed E-state index contributed by atoms with van der Waals surface area (Å²) in [6.45, 7) is 1.67. The van der Waals surface area contributed by atoms with Gasteiger partial charge in [0.25, 0.3) is 5.91 Å². The van der Waals surface area contributed by atoms with Gasteiger partial charge in [0.1, 0.15) is 0 Å². The number of carbonyl (C=O) groups excluding carboxylic acids is 1. The van der Waals surface area contributed by atoms with Crippen molar-refractivity contribution in [1.82, 2.24) is 9.47 Å². The zero-order valence-corrected chi connectivity index (χ0v) is 14.0. The predicted molar refractivity (Wildman–Crippen MR) is 97.2 cm³/mol. The van der Waals surface area contributed by atoms with Gasteiger partial charge in [0.15, 0.2) is 0 Å². The van der Waals surface area contributed by atoms with Gasteiger partial charge in [-0.05, 0) is 42.5 Å². The van der Waals surface area contributed by atoms with Crippen LogP contribution in [-0.2, 0) is 7.05 Å². The number of aromatic nitrogens is 1. The van der Waals surface area contributed by atoms with Crippen LogP contribution in [0.4, 0.5) is 0 Å². The summed E-state index contributed by atoms with van der Waals surface area (Å²) in [5.41, 5.74) is 3.51. The molecule has 24 heavy (non-hydrogen) atoms. The Morgan fingerprint density at radius 3 is 2.38 bits per heavy atom. The molecule has 1 amide bonds. The highest BCUT2D eigenvalue weighted by atomic mass is 16.2.